The fourth-order valence-electron chi connectivity index (χ4n) is 3.78. The molecule has 156 valence electrons. The number of ether oxygens (including phenoxy) is 3. The van der Waals surface area contributed by atoms with E-state index in [1.165, 1.54) is 22.3 Å². The van der Waals surface area contributed by atoms with Gasteiger partial charge in [-0.15, -0.1) is 0 Å². The number of aryl methyl sites for hydroxylation is 1. The molecular formula is C25H28N2O3. The molecule has 30 heavy (non-hydrogen) atoms. The van der Waals surface area contributed by atoms with Crippen molar-refractivity contribution < 1.29 is 14.2 Å². The Kier molecular flexibility index (Phi) is 6.62. The van der Waals surface area contributed by atoms with Crippen LogP contribution in [0.25, 0.3) is 11.1 Å². The molecule has 0 radical (unpaired) electrons. The average molecular weight is 405 g/mol. The van der Waals surface area contributed by atoms with Crippen LogP contribution in [0.4, 0.5) is 5.69 Å². The molecule has 0 fully saturated rings. The van der Waals surface area contributed by atoms with Crippen LogP contribution in [-0.2, 0) is 16.1 Å². The van der Waals surface area contributed by atoms with Crippen molar-refractivity contribution in [1.29, 1.82) is 0 Å². The quantitative estimate of drug-likeness (QED) is 0.415. The van der Waals surface area contributed by atoms with Crippen molar-refractivity contribution in [2.75, 3.05) is 32.4 Å². The van der Waals surface area contributed by atoms with E-state index in [9.17, 15) is 0 Å². The summed E-state index contributed by atoms with van der Waals surface area (Å²) in [6.07, 6.45) is 4.62. The summed E-state index contributed by atoms with van der Waals surface area (Å²) in [5.74, 6) is 1.37. The number of anilines is 1. The standard InChI is InChI=1S/C25H28N2O3/c1-18-3-5-19(6-4-18)20-7-8-23-21(10-12-30-25(23)13-20)14-27-24-15-26-11-9-22(24)16-29-17-28-2/h3-9,11,13,15,21,27H,10,12,14,16-17H2,1-2H3/t21-/m0/s1. The topological polar surface area (TPSA) is 52.6 Å². The van der Waals surface area contributed by atoms with Gasteiger partial charge in [-0.1, -0.05) is 42.0 Å². The van der Waals surface area contributed by atoms with Gasteiger partial charge in [-0.05, 0) is 42.2 Å². The molecule has 3 aromatic rings. The van der Waals surface area contributed by atoms with Gasteiger partial charge in [0.25, 0.3) is 0 Å². The van der Waals surface area contributed by atoms with Crippen LogP contribution in [0.2, 0.25) is 0 Å². The normalized spacial score (nSPS) is 15.3. The van der Waals surface area contributed by atoms with E-state index in [4.69, 9.17) is 14.2 Å². The second kappa shape index (κ2) is 9.74. The Balaban J connectivity index is 1.47. The zero-order valence-electron chi connectivity index (χ0n) is 17.6. The van der Waals surface area contributed by atoms with Crippen molar-refractivity contribution >= 4 is 5.69 Å². The van der Waals surface area contributed by atoms with E-state index in [0.717, 1.165) is 36.6 Å². The summed E-state index contributed by atoms with van der Waals surface area (Å²) in [5, 5.41) is 3.56. The molecule has 0 bridgehead atoms. The van der Waals surface area contributed by atoms with Gasteiger partial charge in [-0.25, -0.2) is 0 Å². The van der Waals surface area contributed by atoms with Crippen molar-refractivity contribution in [3.05, 3.63) is 77.6 Å². The highest BCUT2D eigenvalue weighted by Crippen LogP contribution is 2.37. The maximum atomic E-state index is 6.01. The first kappa shape index (κ1) is 20.4. The third kappa shape index (κ3) is 4.81. The van der Waals surface area contributed by atoms with Gasteiger partial charge in [0.05, 0.1) is 25.1 Å². The summed E-state index contributed by atoms with van der Waals surface area (Å²) in [5.41, 5.74) is 6.99. The van der Waals surface area contributed by atoms with Gasteiger partial charge >= 0.3 is 0 Å². The highest BCUT2D eigenvalue weighted by molar-refractivity contribution is 5.67. The average Bonchev–Trinajstić information content (AvgIpc) is 2.78. The third-order valence-corrected chi connectivity index (χ3v) is 5.47. The first-order valence-corrected chi connectivity index (χ1v) is 10.3. The first-order chi connectivity index (χ1) is 14.7. The molecule has 2 aromatic carbocycles. The molecule has 0 spiro atoms. The molecule has 1 aromatic heterocycles. The number of nitrogens with zero attached hydrogens (tertiary/aromatic N) is 1. The summed E-state index contributed by atoms with van der Waals surface area (Å²) in [6.45, 7) is 4.42. The predicted octanol–water partition coefficient (Wildman–Crippen LogP) is 5.16. The minimum absolute atomic E-state index is 0.276. The van der Waals surface area contributed by atoms with E-state index in [1.807, 2.05) is 12.3 Å². The molecule has 4 rings (SSSR count). The number of benzene rings is 2. The van der Waals surface area contributed by atoms with Gasteiger partial charge < -0.3 is 19.5 Å². The molecule has 1 atom stereocenters. The molecule has 2 heterocycles. The van der Waals surface area contributed by atoms with Crippen LogP contribution in [0.5, 0.6) is 5.75 Å². The number of aromatic nitrogens is 1. The van der Waals surface area contributed by atoms with E-state index < -0.39 is 0 Å². The largest absolute Gasteiger partial charge is 0.493 e. The Hall–Kier alpha value is -2.89. The summed E-state index contributed by atoms with van der Waals surface area (Å²) < 4.78 is 16.5. The fourth-order valence-corrected chi connectivity index (χ4v) is 3.78. The highest BCUT2D eigenvalue weighted by atomic mass is 16.7. The summed E-state index contributed by atoms with van der Waals surface area (Å²) >= 11 is 0. The van der Waals surface area contributed by atoms with Gasteiger partial charge in [0.15, 0.2) is 0 Å². The van der Waals surface area contributed by atoms with Crippen molar-refractivity contribution in [2.24, 2.45) is 0 Å². The van der Waals surface area contributed by atoms with Gasteiger partial charge in [0.2, 0.25) is 0 Å². The van der Waals surface area contributed by atoms with Crippen LogP contribution in [0.1, 0.15) is 29.0 Å². The molecule has 0 unspecified atom stereocenters. The maximum absolute atomic E-state index is 6.01. The van der Waals surface area contributed by atoms with Gasteiger partial charge in [0, 0.05) is 31.3 Å². The van der Waals surface area contributed by atoms with Gasteiger partial charge in [-0.2, -0.15) is 0 Å². The molecule has 5 nitrogen and oxygen atoms in total. The minimum atomic E-state index is 0.276. The number of pyridine rings is 1. The molecule has 0 amide bonds. The summed E-state index contributed by atoms with van der Waals surface area (Å²) in [6, 6.07) is 17.2. The summed E-state index contributed by atoms with van der Waals surface area (Å²) in [7, 11) is 1.62. The van der Waals surface area contributed by atoms with Crippen LogP contribution in [-0.4, -0.2) is 32.0 Å². The van der Waals surface area contributed by atoms with E-state index >= 15 is 0 Å². The van der Waals surface area contributed by atoms with E-state index in [-0.39, 0.29) is 6.79 Å². The van der Waals surface area contributed by atoms with E-state index in [0.29, 0.717) is 12.5 Å². The van der Waals surface area contributed by atoms with Crippen molar-refractivity contribution in [1.82, 2.24) is 4.98 Å². The molecule has 1 N–H and O–H groups in total. The van der Waals surface area contributed by atoms with Crippen LogP contribution < -0.4 is 10.1 Å². The summed E-state index contributed by atoms with van der Waals surface area (Å²) in [4.78, 5) is 4.26. The van der Waals surface area contributed by atoms with Gasteiger partial charge in [0.1, 0.15) is 12.5 Å². The number of rotatable bonds is 8. The Morgan fingerprint density at radius 1 is 1.10 bits per heavy atom. The van der Waals surface area contributed by atoms with Crippen LogP contribution >= 0.6 is 0 Å². The lowest BCUT2D eigenvalue weighted by atomic mass is 9.91. The number of methoxy groups -OCH3 is 1. The lowest BCUT2D eigenvalue weighted by Gasteiger charge is -2.27. The SMILES string of the molecule is COCOCc1ccncc1NC[C@@H]1CCOc2cc(-c3ccc(C)cc3)ccc21. The van der Waals surface area contributed by atoms with Gasteiger partial charge in [-0.3, -0.25) is 4.98 Å². The Morgan fingerprint density at radius 2 is 1.93 bits per heavy atom. The third-order valence-electron chi connectivity index (χ3n) is 5.47. The lowest BCUT2D eigenvalue weighted by molar-refractivity contribution is -0.0389. The predicted molar refractivity (Wildman–Crippen MR) is 119 cm³/mol. The second-order valence-corrected chi connectivity index (χ2v) is 7.62. The first-order valence-electron chi connectivity index (χ1n) is 10.3. The Morgan fingerprint density at radius 3 is 2.77 bits per heavy atom. The zero-order chi connectivity index (χ0) is 20.8. The highest BCUT2D eigenvalue weighted by Gasteiger charge is 2.22. The lowest BCUT2D eigenvalue weighted by Crippen LogP contribution is -2.21. The van der Waals surface area contributed by atoms with Crippen molar-refractivity contribution in [3.8, 4) is 16.9 Å². The number of nitrogens with one attached hydrogen (secondary N) is 1. The Labute approximate surface area is 178 Å². The van der Waals surface area contributed by atoms with Crippen LogP contribution in [0, 0.1) is 6.92 Å². The Bertz CT molecular complexity index is 972. The molecule has 1 aliphatic heterocycles. The minimum Gasteiger partial charge on any atom is -0.493 e. The fraction of sp³-hybridized carbons (Fsp3) is 0.320. The molecule has 1 aliphatic rings. The molecular weight excluding hydrogens is 376 g/mol. The molecule has 0 saturated heterocycles. The zero-order valence-corrected chi connectivity index (χ0v) is 17.6. The molecule has 0 saturated carbocycles. The van der Waals surface area contributed by atoms with E-state index in [2.05, 4.69) is 59.7 Å². The van der Waals surface area contributed by atoms with E-state index in [1.54, 1.807) is 13.3 Å². The van der Waals surface area contributed by atoms with Crippen molar-refractivity contribution in [2.45, 2.75) is 25.9 Å². The second-order valence-electron chi connectivity index (χ2n) is 7.62. The van der Waals surface area contributed by atoms with Crippen LogP contribution in [0.15, 0.2) is 60.9 Å². The molecule has 0 aliphatic carbocycles. The van der Waals surface area contributed by atoms with Crippen LogP contribution in [0.3, 0.4) is 0 Å². The maximum Gasteiger partial charge on any atom is 0.146 e. The monoisotopic (exact) mass is 404 g/mol. The molecule has 5 heteroatoms. The number of hydrogen-bond donors (Lipinski definition) is 1. The number of hydrogen-bond acceptors (Lipinski definition) is 5. The number of fused-ring (bicyclic) bond motifs is 1. The smallest absolute Gasteiger partial charge is 0.146 e. The van der Waals surface area contributed by atoms with Crippen molar-refractivity contribution in [3.63, 3.8) is 0 Å².